The van der Waals surface area contributed by atoms with Crippen LogP contribution in [0.3, 0.4) is 0 Å². The lowest BCUT2D eigenvalue weighted by Crippen LogP contribution is -2.03. The lowest BCUT2D eigenvalue weighted by atomic mass is 10.1. The van der Waals surface area contributed by atoms with Gasteiger partial charge in [-0.25, -0.2) is 0 Å². The Labute approximate surface area is 117 Å². The van der Waals surface area contributed by atoms with Gasteiger partial charge in [0.2, 0.25) is 0 Å². The average Bonchev–Trinajstić information content (AvgIpc) is 2.65. The number of fused-ring (bicyclic) bond motifs is 1. The van der Waals surface area contributed by atoms with E-state index in [4.69, 9.17) is 0 Å². The Balaban J connectivity index is 2.14. The number of nitrogens with zero attached hydrogens (tertiary/aromatic N) is 3. The molecule has 0 unspecified atom stereocenters. The van der Waals surface area contributed by atoms with Crippen LogP contribution in [0, 0.1) is 6.92 Å². The van der Waals surface area contributed by atoms with E-state index >= 15 is 0 Å². The highest BCUT2D eigenvalue weighted by Gasteiger charge is 2.13. The molecule has 0 aliphatic heterocycles. The van der Waals surface area contributed by atoms with Gasteiger partial charge in [0.05, 0.1) is 4.79 Å². The third kappa shape index (κ3) is 2.40. The largest absolute Gasteiger partial charge is 0.368 e. The van der Waals surface area contributed by atoms with Gasteiger partial charge in [-0.15, -0.1) is 0 Å². The molecule has 0 fully saturated rings. The van der Waals surface area contributed by atoms with Crippen LogP contribution in [0.5, 0.6) is 0 Å². The van der Waals surface area contributed by atoms with E-state index in [1.54, 1.807) is 0 Å². The van der Waals surface area contributed by atoms with E-state index in [1.807, 2.05) is 54.3 Å². The van der Waals surface area contributed by atoms with Crippen molar-refractivity contribution in [3.05, 3.63) is 71.8 Å². The first-order chi connectivity index (χ1) is 9.74. The summed E-state index contributed by atoms with van der Waals surface area (Å²) < 4.78 is 1.97. The summed E-state index contributed by atoms with van der Waals surface area (Å²) in [4.78, 5) is 4.31. The Bertz CT molecular complexity index is 803. The lowest BCUT2D eigenvalue weighted by Gasteiger charge is -1.92. The first kappa shape index (κ1) is 12.4. The smallest absolute Gasteiger partial charge is 0.357 e. The van der Waals surface area contributed by atoms with E-state index in [-0.39, 0.29) is 0 Å². The minimum Gasteiger partial charge on any atom is -0.357 e. The van der Waals surface area contributed by atoms with Crippen LogP contribution in [-0.2, 0) is 7.05 Å². The van der Waals surface area contributed by atoms with Crippen molar-refractivity contribution >= 4 is 5.69 Å². The predicted molar refractivity (Wildman–Crippen MR) is 78.7 cm³/mol. The molecule has 3 heteroatoms. The molecule has 1 aromatic rings. The fourth-order valence-electron chi connectivity index (χ4n) is 2.23. The van der Waals surface area contributed by atoms with Crippen LogP contribution >= 0.6 is 0 Å². The second-order valence-electron chi connectivity index (χ2n) is 4.87. The molecular formula is C17H16N3+. The monoisotopic (exact) mass is 262 g/mol. The van der Waals surface area contributed by atoms with E-state index in [1.165, 1.54) is 11.1 Å². The van der Waals surface area contributed by atoms with Crippen LogP contribution < -0.4 is 5.36 Å². The summed E-state index contributed by atoms with van der Waals surface area (Å²) >= 11 is 0. The summed E-state index contributed by atoms with van der Waals surface area (Å²) in [5.74, 6) is 0. The molecule has 98 valence electrons. The lowest BCUT2D eigenvalue weighted by molar-refractivity contribution is -0.132. The van der Waals surface area contributed by atoms with Crippen molar-refractivity contribution in [2.24, 2.45) is 12.2 Å². The number of aryl methyl sites for hydroxylation is 2. The summed E-state index contributed by atoms with van der Waals surface area (Å²) in [5, 5.41) is 5.26. The topological polar surface area (TPSA) is 31.4 Å². The Hall–Kier alpha value is -2.64. The van der Waals surface area contributed by atoms with E-state index < -0.39 is 0 Å². The van der Waals surface area contributed by atoms with E-state index in [0.29, 0.717) is 0 Å². The number of rotatable bonds is 1. The van der Waals surface area contributed by atoms with Gasteiger partial charge in [-0.2, -0.15) is 0 Å². The number of aromatic nitrogens is 1. The molecule has 0 aromatic carbocycles. The zero-order valence-corrected chi connectivity index (χ0v) is 11.6. The SMILES string of the molecule is Cc1cc(N=[N+]=c2ccn(C)cc2)c2cccccc1-2. The standard InChI is InChI=1S/C17H16N3/c1-13-12-17(16-7-5-3-4-6-15(13)16)19-18-14-8-10-20(2)11-9-14/h3-12H,1-2H3/q+1. The molecule has 0 spiro atoms. The summed E-state index contributed by atoms with van der Waals surface area (Å²) in [5.41, 5.74) is 4.51. The molecule has 3 nitrogen and oxygen atoms in total. The quantitative estimate of drug-likeness (QED) is 0.476. The predicted octanol–water partition coefficient (Wildman–Crippen LogP) is 3.33. The van der Waals surface area contributed by atoms with Gasteiger partial charge in [0.15, 0.2) is 5.69 Å². The molecule has 1 heterocycles. The van der Waals surface area contributed by atoms with E-state index in [0.717, 1.165) is 16.6 Å². The first-order valence-electron chi connectivity index (χ1n) is 6.59. The molecule has 0 amide bonds. The van der Waals surface area contributed by atoms with Crippen molar-refractivity contribution in [3.8, 4) is 11.1 Å². The summed E-state index contributed by atoms with van der Waals surface area (Å²) in [6.45, 7) is 2.10. The number of hydrogen-bond donors (Lipinski definition) is 0. The van der Waals surface area contributed by atoms with Crippen molar-refractivity contribution in [3.63, 3.8) is 0 Å². The number of pyridine rings is 1. The van der Waals surface area contributed by atoms with E-state index in [9.17, 15) is 0 Å². The van der Waals surface area contributed by atoms with Gasteiger partial charge in [0, 0.05) is 37.1 Å². The fourth-order valence-corrected chi connectivity index (χ4v) is 2.23. The third-order valence-corrected chi connectivity index (χ3v) is 3.33. The Morgan fingerprint density at radius 1 is 0.950 bits per heavy atom. The fraction of sp³-hybridized carbons (Fsp3) is 0.118. The number of hydrogen-bond acceptors (Lipinski definition) is 1. The highest BCUT2D eigenvalue weighted by Crippen LogP contribution is 2.36. The van der Waals surface area contributed by atoms with E-state index in [2.05, 4.69) is 35.0 Å². The van der Waals surface area contributed by atoms with Gasteiger partial charge in [-0.05, 0) is 24.1 Å². The molecule has 2 aliphatic rings. The Kier molecular flexibility index (Phi) is 3.20. The Morgan fingerprint density at radius 2 is 1.65 bits per heavy atom. The second-order valence-corrected chi connectivity index (χ2v) is 4.87. The summed E-state index contributed by atoms with van der Waals surface area (Å²) in [6, 6.07) is 16.3. The van der Waals surface area contributed by atoms with Gasteiger partial charge in [0.1, 0.15) is 5.11 Å². The molecule has 0 radical (unpaired) electrons. The summed E-state index contributed by atoms with van der Waals surface area (Å²) in [6.07, 6.45) is 3.92. The van der Waals surface area contributed by atoms with Crippen molar-refractivity contribution in [1.29, 1.82) is 0 Å². The zero-order valence-electron chi connectivity index (χ0n) is 11.6. The van der Waals surface area contributed by atoms with Crippen LogP contribution in [0.4, 0.5) is 5.69 Å². The van der Waals surface area contributed by atoms with Gasteiger partial charge >= 0.3 is 5.36 Å². The van der Waals surface area contributed by atoms with Crippen molar-refractivity contribution in [1.82, 2.24) is 4.57 Å². The molecule has 0 bridgehead atoms. The Morgan fingerprint density at radius 3 is 2.40 bits per heavy atom. The molecule has 20 heavy (non-hydrogen) atoms. The molecule has 3 rings (SSSR count). The average molecular weight is 262 g/mol. The van der Waals surface area contributed by atoms with Crippen molar-refractivity contribution < 1.29 is 4.79 Å². The normalized spacial score (nSPS) is 10.3. The minimum absolute atomic E-state index is 0.857. The van der Waals surface area contributed by atoms with Gasteiger partial charge in [0.25, 0.3) is 0 Å². The zero-order chi connectivity index (χ0) is 13.9. The highest BCUT2D eigenvalue weighted by atomic mass is 15.0. The molecule has 1 aromatic heterocycles. The van der Waals surface area contributed by atoms with Gasteiger partial charge in [-0.1, -0.05) is 30.3 Å². The maximum absolute atomic E-state index is 4.40. The maximum Gasteiger partial charge on any atom is 0.368 e. The van der Waals surface area contributed by atoms with Crippen molar-refractivity contribution in [2.75, 3.05) is 0 Å². The first-order valence-corrected chi connectivity index (χ1v) is 6.59. The minimum atomic E-state index is 0.857. The molecule has 0 N–H and O–H groups in total. The van der Waals surface area contributed by atoms with Gasteiger partial charge in [-0.3, -0.25) is 0 Å². The van der Waals surface area contributed by atoms with Crippen LogP contribution in [0.25, 0.3) is 11.1 Å². The maximum atomic E-state index is 4.40. The van der Waals surface area contributed by atoms with Crippen LogP contribution in [0.1, 0.15) is 5.56 Å². The van der Waals surface area contributed by atoms with Crippen LogP contribution in [0.2, 0.25) is 0 Å². The molecule has 0 saturated heterocycles. The van der Waals surface area contributed by atoms with Crippen LogP contribution in [0.15, 0.2) is 66.0 Å². The third-order valence-electron chi connectivity index (χ3n) is 3.33. The van der Waals surface area contributed by atoms with Crippen LogP contribution in [-0.4, -0.2) is 9.36 Å². The molecule has 2 aliphatic carbocycles. The van der Waals surface area contributed by atoms with Gasteiger partial charge < -0.3 is 4.57 Å². The molecule has 0 atom stereocenters. The second kappa shape index (κ2) is 5.16. The summed E-state index contributed by atoms with van der Waals surface area (Å²) in [7, 11) is 1.98. The van der Waals surface area contributed by atoms with Crippen molar-refractivity contribution in [2.45, 2.75) is 6.92 Å². The molecule has 0 saturated carbocycles. The molecular weight excluding hydrogens is 246 g/mol. The highest BCUT2D eigenvalue weighted by molar-refractivity contribution is 5.82.